The second-order valence-electron chi connectivity index (χ2n) is 5.52. The molecule has 0 amide bonds. The number of nitrogens with zero attached hydrogens (tertiary/aromatic N) is 3. The third-order valence-electron chi connectivity index (χ3n) is 4.23. The lowest BCUT2D eigenvalue weighted by Gasteiger charge is -2.32. The SMILES string of the molecule is Cc1nn(C)cc1C(C)N(C)C1CCCNCC1. The number of rotatable bonds is 3. The molecule has 2 rings (SSSR count). The molecule has 1 aromatic rings. The zero-order chi connectivity index (χ0) is 13.1. The van der Waals surface area contributed by atoms with Gasteiger partial charge >= 0.3 is 0 Å². The lowest BCUT2D eigenvalue weighted by Crippen LogP contribution is -2.34. The lowest BCUT2D eigenvalue weighted by molar-refractivity contribution is 0.171. The third kappa shape index (κ3) is 2.93. The van der Waals surface area contributed by atoms with Crippen LogP contribution in [0.4, 0.5) is 0 Å². The Labute approximate surface area is 110 Å². The molecule has 0 aromatic carbocycles. The van der Waals surface area contributed by atoms with Gasteiger partial charge in [0.1, 0.15) is 0 Å². The summed E-state index contributed by atoms with van der Waals surface area (Å²) in [6.45, 7) is 6.72. The van der Waals surface area contributed by atoms with Crippen LogP contribution in [0.3, 0.4) is 0 Å². The summed E-state index contributed by atoms with van der Waals surface area (Å²) in [6, 6.07) is 1.14. The van der Waals surface area contributed by atoms with Crippen LogP contribution in [0.5, 0.6) is 0 Å². The second kappa shape index (κ2) is 5.85. The van der Waals surface area contributed by atoms with Crippen molar-refractivity contribution in [3.8, 4) is 0 Å². The van der Waals surface area contributed by atoms with Crippen LogP contribution in [0.1, 0.15) is 43.5 Å². The topological polar surface area (TPSA) is 33.1 Å². The average molecular weight is 250 g/mol. The van der Waals surface area contributed by atoms with E-state index in [2.05, 4.69) is 42.4 Å². The van der Waals surface area contributed by atoms with Gasteiger partial charge in [-0.05, 0) is 53.2 Å². The van der Waals surface area contributed by atoms with Crippen molar-refractivity contribution in [1.29, 1.82) is 0 Å². The van der Waals surface area contributed by atoms with Crippen LogP contribution in [0.2, 0.25) is 0 Å². The van der Waals surface area contributed by atoms with Crippen molar-refractivity contribution in [3.63, 3.8) is 0 Å². The van der Waals surface area contributed by atoms with E-state index in [1.54, 1.807) is 0 Å². The van der Waals surface area contributed by atoms with Gasteiger partial charge in [-0.2, -0.15) is 5.10 Å². The highest BCUT2D eigenvalue weighted by Crippen LogP contribution is 2.26. The molecule has 0 saturated carbocycles. The molecule has 1 aliphatic rings. The van der Waals surface area contributed by atoms with Gasteiger partial charge in [-0.1, -0.05) is 0 Å². The van der Waals surface area contributed by atoms with E-state index in [1.807, 2.05) is 11.7 Å². The number of hydrogen-bond acceptors (Lipinski definition) is 3. The molecule has 2 heterocycles. The van der Waals surface area contributed by atoms with Gasteiger partial charge in [-0.25, -0.2) is 0 Å². The van der Waals surface area contributed by atoms with E-state index in [1.165, 1.54) is 31.4 Å². The molecule has 2 unspecified atom stereocenters. The summed E-state index contributed by atoms with van der Waals surface area (Å²) in [7, 11) is 4.26. The van der Waals surface area contributed by atoms with Crippen LogP contribution in [0.25, 0.3) is 0 Å². The molecule has 2 atom stereocenters. The van der Waals surface area contributed by atoms with Crippen molar-refractivity contribution in [3.05, 3.63) is 17.5 Å². The first kappa shape index (κ1) is 13.6. The average Bonchev–Trinajstić information content (AvgIpc) is 2.59. The minimum Gasteiger partial charge on any atom is -0.317 e. The summed E-state index contributed by atoms with van der Waals surface area (Å²) in [6.07, 6.45) is 5.99. The van der Waals surface area contributed by atoms with E-state index in [9.17, 15) is 0 Å². The molecular weight excluding hydrogens is 224 g/mol. The van der Waals surface area contributed by atoms with Gasteiger partial charge in [0.25, 0.3) is 0 Å². The fourth-order valence-electron chi connectivity index (χ4n) is 2.97. The van der Waals surface area contributed by atoms with Gasteiger partial charge in [0, 0.05) is 30.9 Å². The van der Waals surface area contributed by atoms with E-state index in [-0.39, 0.29) is 0 Å². The Morgan fingerprint density at radius 2 is 2.22 bits per heavy atom. The monoisotopic (exact) mass is 250 g/mol. The standard InChI is InChI=1S/C14H26N4/c1-11-14(10-17(3)16-11)12(2)18(4)13-6-5-8-15-9-7-13/h10,12-13,15H,5-9H2,1-4H3. The smallest absolute Gasteiger partial charge is 0.0641 e. The molecule has 4 nitrogen and oxygen atoms in total. The largest absolute Gasteiger partial charge is 0.317 e. The molecule has 0 bridgehead atoms. The maximum Gasteiger partial charge on any atom is 0.0641 e. The maximum absolute atomic E-state index is 4.46. The van der Waals surface area contributed by atoms with Crippen molar-refractivity contribution < 1.29 is 0 Å². The number of aryl methyl sites for hydroxylation is 2. The molecule has 1 N–H and O–H groups in total. The van der Waals surface area contributed by atoms with E-state index in [0.29, 0.717) is 12.1 Å². The quantitative estimate of drug-likeness (QED) is 0.889. The zero-order valence-corrected chi connectivity index (χ0v) is 12.1. The third-order valence-corrected chi connectivity index (χ3v) is 4.23. The summed E-state index contributed by atoms with van der Waals surface area (Å²) in [5, 5.41) is 7.94. The van der Waals surface area contributed by atoms with Crippen molar-refractivity contribution in [2.45, 2.75) is 45.2 Å². The Morgan fingerprint density at radius 1 is 1.44 bits per heavy atom. The minimum absolute atomic E-state index is 0.446. The Bertz CT molecular complexity index is 377. The predicted octanol–water partition coefficient (Wildman–Crippen LogP) is 1.86. The molecular formula is C14H26N4. The molecule has 1 aliphatic heterocycles. The van der Waals surface area contributed by atoms with Gasteiger partial charge in [0.05, 0.1) is 5.69 Å². The van der Waals surface area contributed by atoms with Crippen LogP contribution in [-0.4, -0.2) is 40.9 Å². The minimum atomic E-state index is 0.446. The Morgan fingerprint density at radius 3 is 2.89 bits per heavy atom. The maximum atomic E-state index is 4.46. The first-order valence-electron chi connectivity index (χ1n) is 7.02. The molecule has 102 valence electrons. The van der Waals surface area contributed by atoms with Crippen LogP contribution in [0, 0.1) is 6.92 Å². The normalized spacial score (nSPS) is 23.1. The molecule has 0 radical (unpaired) electrons. The van der Waals surface area contributed by atoms with E-state index >= 15 is 0 Å². The summed E-state index contributed by atoms with van der Waals surface area (Å²) in [4.78, 5) is 2.52. The highest BCUT2D eigenvalue weighted by molar-refractivity contribution is 5.19. The number of nitrogens with one attached hydrogen (secondary N) is 1. The molecule has 0 spiro atoms. The first-order chi connectivity index (χ1) is 8.59. The van der Waals surface area contributed by atoms with Crippen molar-refractivity contribution >= 4 is 0 Å². The molecule has 4 heteroatoms. The summed E-state index contributed by atoms with van der Waals surface area (Å²) in [5.41, 5.74) is 2.51. The molecule has 1 saturated heterocycles. The summed E-state index contributed by atoms with van der Waals surface area (Å²) in [5.74, 6) is 0. The van der Waals surface area contributed by atoms with Gasteiger partial charge in [0.15, 0.2) is 0 Å². The zero-order valence-electron chi connectivity index (χ0n) is 12.1. The van der Waals surface area contributed by atoms with E-state index in [0.717, 1.165) is 12.2 Å². The van der Waals surface area contributed by atoms with Gasteiger partial charge in [-0.3, -0.25) is 9.58 Å². The van der Waals surface area contributed by atoms with E-state index in [4.69, 9.17) is 0 Å². The number of aromatic nitrogens is 2. The Kier molecular flexibility index (Phi) is 4.40. The van der Waals surface area contributed by atoms with Crippen molar-refractivity contribution in [2.75, 3.05) is 20.1 Å². The summed E-state index contributed by atoms with van der Waals surface area (Å²) < 4.78 is 1.92. The van der Waals surface area contributed by atoms with Crippen LogP contribution in [-0.2, 0) is 7.05 Å². The van der Waals surface area contributed by atoms with Gasteiger partial charge in [0.2, 0.25) is 0 Å². The molecule has 18 heavy (non-hydrogen) atoms. The van der Waals surface area contributed by atoms with E-state index < -0.39 is 0 Å². The van der Waals surface area contributed by atoms with Gasteiger partial charge in [-0.15, -0.1) is 0 Å². The molecule has 0 aliphatic carbocycles. The highest BCUT2D eigenvalue weighted by atomic mass is 15.3. The van der Waals surface area contributed by atoms with Crippen LogP contribution >= 0.6 is 0 Å². The summed E-state index contributed by atoms with van der Waals surface area (Å²) >= 11 is 0. The molecule has 1 fully saturated rings. The van der Waals surface area contributed by atoms with Crippen LogP contribution < -0.4 is 5.32 Å². The van der Waals surface area contributed by atoms with Gasteiger partial charge < -0.3 is 5.32 Å². The predicted molar refractivity (Wildman–Crippen MR) is 74.6 cm³/mol. The molecule has 1 aromatic heterocycles. The fraction of sp³-hybridized carbons (Fsp3) is 0.786. The van der Waals surface area contributed by atoms with Crippen molar-refractivity contribution in [1.82, 2.24) is 20.0 Å². The Balaban J connectivity index is 2.07. The van der Waals surface area contributed by atoms with Crippen LogP contribution in [0.15, 0.2) is 6.20 Å². The Hall–Kier alpha value is -0.870. The first-order valence-corrected chi connectivity index (χ1v) is 7.02. The number of hydrogen-bond donors (Lipinski definition) is 1. The fourth-order valence-corrected chi connectivity index (χ4v) is 2.97. The highest BCUT2D eigenvalue weighted by Gasteiger charge is 2.23. The second-order valence-corrected chi connectivity index (χ2v) is 5.52. The lowest BCUT2D eigenvalue weighted by atomic mass is 10.0. The van der Waals surface area contributed by atoms with Crippen molar-refractivity contribution in [2.24, 2.45) is 7.05 Å².